The van der Waals surface area contributed by atoms with Gasteiger partial charge < -0.3 is 19.0 Å². The fraction of sp³-hybridized carbons (Fsp3) is 0.115. The van der Waals surface area contributed by atoms with Gasteiger partial charge in [-0.2, -0.15) is 13.7 Å². The molecule has 0 radical (unpaired) electrons. The number of hydrogen-bond donors (Lipinski definition) is 1. The molecule has 3 rings (SSSR count). The molecule has 0 unspecified atom stereocenters. The molecule has 0 spiro atoms. The highest BCUT2D eigenvalue weighted by Crippen LogP contribution is 2.32. The summed E-state index contributed by atoms with van der Waals surface area (Å²) in [5.41, 5.74) is 0.890. The molecule has 9 nitrogen and oxygen atoms in total. The van der Waals surface area contributed by atoms with Crippen molar-refractivity contribution in [2.24, 2.45) is 0 Å². The minimum Gasteiger partial charge on any atom is -0.490 e. The second-order valence-corrected chi connectivity index (χ2v) is 8.73. The molecule has 0 aliphatic rings. The van der Waals surface area contributed by atoms with E-state index in [2.05, 4.69) is 10.1 Å². The predicted octanol–water partition coefficient (Wildman–Crippen LogP) is 4.19. The highest BCUT2D eigenvalue weighted by Gasteiger charge is 2.19. The van der Waals surface area contributed by atoms with Gasteiger partial charge in [0.05, 0.1) is 19.3 Å². The number of nitriles is 1. The van der Waals surface area contributed by atoms with Crippen LogP contribution in [0, 0.1) is 11.3 Å². The second-order valence-electron chi connectivity index (χ2n) is 7.18. The molecule has 1 N–H and O–H groups in total. The smallest absolute Gasteiger partial charge is 0.339 e. The Hall–Kier alpha value is -4.62. The maximum atomic E-state index is 12.6. The Labute approximate surface area is 208 Å². The maximum Gasteiger partial charge on any atom is 0.339 e. The van der Waals surface area contributed by atoms with E-state index in [4.69, 9.17) is 8.92 Å². The molecule has 0 aliphatic carbocycles. The van der Waals surface area contributed by atoms with Crippen LogP contribution in [0.15, 0.2) is 83.3 Å². The molecule has 36 heavy (non-hydrogen) atoms. The van der Waals surface area contributed by atoms with Crippen molar-refractivity contribution in [1.82, 2.24) is 0 Å². The van der Waals surface area contributed by atoms with Gasteiger partial charge in [0.1, 0.15) is 16.5 Å². The third-order valence-electron chi connectivity index (χ3n) is 4.74. The maximum absolute atomic E-state index is 12.6. The molecule has 0 fully saturated rings. The van der Waals surface area contributed by atoms with E-state index in [1.165, 1.54) is 67.8 Å². The SMILES string of the molecule is CCOc1cc(/C=C(\C#N)C(=O)Nc2ccc(C(=O)OC)cc2)ccc1OS(=O)(=O)c1ccccc1. The van der Waals surface area contributed by atoms with Crippen molar-refractivity contribution in [2.75, 3.05) is 19.0 Å². The van der Waals surface area contributed by atoms with Crippen molar-refractivity contribution < 1.29 is 31.7 Å². The van der Waals surface area contributed by atoms with Crippen molar-refractivity contribution >= 4 is 33.8 Å². The van der Waals surface area contributed by atoms with E-state index in [1.54, 1.807) is 25.1 Å². The molecule has 3 aromatic carbocycles. The van der Waals surface area contributed by atoms with Crippen molar-refractivity contribution in [2.45, 2.75) is 11.8 Å². The zero-order valence-electron chi connectivity index (χ0n) is 19.4. The minimum absolute atomic E-state index is 0.0144. The average molecular weight is 507 g/mol. The number of hydrogen-bond acceptors (Lipinski definition) is 8. The first-order valence-corrected chi connectivity index (χ1v) is 12.1. The molecule has 184 valence electrons. The Morgan fingerprint density at radius 2 is 1.69 bits per heavy atom. The average Bonchev–Trinajstić information content (AvgIpc) is 2.89. The largest absolute Gasteiger partial charge is 0.490 e. The summed E-state index contributed by atoms with van der Waals surface area (Å²) in [6.45, 7) is 1.94. The van der Waals surface area contributed by atoms with Crippen LogP contribution in [0.2, 0.25) is 0 Å². The topological polar surface area (TPSA) is 132 Å². The van der Waals surface area contributed by atoms with E-state index >= 15 is 0 Å². The van der Waals surface area contributed by atoms with E-state index in [1.807, 2.05) is 6.07 Å². The fourth-order valence-corrected chi connectivity index (χ4v) is 3.99. The van der Waals surface area contributed by atoms with Crippen LogP contribution in [0.25, 0.3) is 6.08 Å². The number of nitrogens with zero attached hydrogens (tertiary/aromatic N) is 1. The highest BCUT2D eigenvalue weighted by molar-refractivity contribution is 7.87. The van der Waals surface area contributed by atoms with Crippen LogP contribution in [0.5, 0.6) is 11.5 Å². The lowest BCUT2D eigenvalue weighted by molar-refractivity contribution is -0.112. The van der Waals surface area contributed by atoms with Gasteiger partial charge in [0.15, 0.2) is 11.5 Å². The lowest BCUT2D eigenvalue weighted by atomic mass is 10.1. The summed E-state index contributed by atoms with van der Waals surface area (Å²) >= 11 is 0. The van der Waals surface area contributed by atoms with E-state index in [9.17, 15) is 23.3 Å². The quantitative estimate of drug-likeness (QED) is 0.198. The number of esters is 1. The van der Waals surface area contributed by atoms with Crippen molar-refractivity contribution in [3.8, 4) is 17.6 Å². The molecule has 0 saturated heterocycles. The molecule has 0 aliphatic heterocycles. The Morgan fingerprint density at radius 1 is 1.00 bits per heavy atom. The summed E-state index contributed by atoms with van der Waals surface area (Å²) in [4.78, 5) is 24.1. The summed E-state index contributed by atoms with van der Waals surface area (Å²) in [5, 5.41) is 12.1. The Balaban J connectivity index is 1.82. The van der Waals surface area contributed by atoms with Crippen LogP contribution in [0.4, 0.5) is 5.69 Å². The second kappa shape index (κ2) is 11.7. The monoisotopic (exact) mass is 506 g/mol. The first-order chi connectivity index (χ1) is 17.3. The third kappa shape index (κ3) is 6.49. The molecular formula is C26H22N2O7S. The van der Waals surface area contributed by atoms with Gasteiger partial charge in [-0.05, 0) is 67.1 Å². The number of nitrogens with one attached hydrogen (secondary N) is 1. The van der Waals surface area contributed by atoms with E-state index in [-0.39, 0.29) is 28.6 Å². The Morgan fingerprint density at radius 3 is 2.31 bits per heavy atom. The van der Waals surface area contributed by atoms with Gasteiger partial charge in [-0.25, -0.2) is 4.79 Å². The minimum atomic E-state index is -4.09. The molecule has 3 aromatic rings. The molecule has 0 bridgehead atoms. The molecule has 0 atom stereocenters. The van der Waals surface area contributed by atoms with Crippen LogP contribution < -0.4 is 14.2 Å². The molecule has 0 aromatic heterocycles. The number of methoxy groups -OCH3 is 1. The number of carbonyl (C=O) groups is 2. The summed E-state index contributed by atoms with van der Waals surface area (Å²) in [7, 11) is -2.83. The number of benzene rings is 3. The highest BCUT2D eigenvalue weighted by atomic mass is 32.2. The van der Waals surface area contributed by atoms with Crippen molar-refractivity contribution in [1.29, 1.82) is 5.26 Å². The lowest BCUT2D eigenvalue weighted by Crippen LogP contribution is -2.13. The normalized spacial score (nSPS) is 11.2. The lowest BCUT2D eigenvalue weighted by Gasteiger charge is -2.13. The Kier molecular flexibility index (Phi) is 8.43. The number of anilines is 1. The van der Waals surface area contributed by atoms with Gasteiger partial charge in [-0.1, -0.05) is 24.3 Å². The first kappa shape index (κ1) is 26.0. The number of rotatable bonds is 9. The van der Waals surface area contributed by atoms with Crippen LogP contribution in [-0.4, -0.2) is 34.0 Å². The van der Waals surface area contributed by atoms with Crippen LogP contribution in [-0.2, 0) is 19.6 Å². The first-order valence-electron chi connectivity index (χ1n) is 10.6. The summed E-state index contributed by atoms with van der Waals surface area (Å²) in [6.07, 6.45) is 1.33. The van der Waals surface area contributed by atoms with Crippen LogP contribution in [0.3, 0.4) is 0 Å². The number of amides is 1. The summed E-state index contributed by atoms with van der Waals surface area (Å²) in [5.74, 6) is -1.10. The molecule has 1 amide bonds. The third-order valence-corrected chi connectivity index (χ3v) is 5.99. The van der Waals surface area contributed by atoms with Crippen molar-refractivity contribution in [3.63, 3.8) is 0 Å². The van der Waals surface area contributed by atoms with E-state index in [0.29, 0.717) is 16.8 Å². The van der Waals surface area contributed by atoms with E-state index in [0.717, 1.165) is 0 Å². The summed E-state index contributed by atoms with van der Waals surface area (Å²) < 4.78 is 40.6. The number of carbonyl (C=O) groups excluding carboxylic acids is 2. The zero-order valence-corrected chi connectivity index (χ0v) is 20.2. The van der Waals surface area contributed by atoms with Gasteiger partial charge in [-0.3, -0.25) is 4.79 Å². The number of ether oxygens (including phenoxy) is 2. The summed E-state index contributed by atoms with van der Waals surface area (Å²) in [6, 6.07) is 19.8. The molecular weight excluding hydrogens is 484 g/mol. The zero-order chi connectivity index (χ0) is 26.1. The standard InChI is InChI=1S/C26H22N2O7S/c1-3-34-24-16-18(9-14-23(24)35-36(31,32)22-7-5-4-6-8-22)15-20(17-27)25(29)28-21-12-10-19(11-13-21)26(30)33-2/h4-16H,3H2,1-2H3,(H,28,29)/b20-15+. The predicted molar refractivity (Wildman–Crippen MR) is 132 cm³/mol. The van der Waals surface area contributed by atoms with Gasteiger partial charge in [0, 0.05) is 5.69 Å². The van der Waals surface area contributed by atoms with Crippen LogP contribution in [0.1, 0.15) is 22.8 Å². The van der Waals surface area contributed by atoms with Gasteiger partial charge in [0.25, 0.3) is 5.91 Å². The van der Waals surface area contributed by atoms with Gasteiger partial charge >= 0.3 is 16.1 Å². The van der Waals surface area contributed by atoms with Gasteiger partial charge in [0.2, 0.25) is 0 Å². The van der Waals surface area contributed by atoms with Crippen LogP contribution >= 0.6 is 0 Å². The fourth-order valence-electron chi connectivity index (χ4n) is 3.03. The Bertz CT molecular complexity index is 1430. The molecule has 10 heteroatoms. The van der Waals surface area contributed by atoms with E-state index < -0.39 is 22.0 Å². The van der Waals surface area contributed by atoms with Crippen molar-refractivity contribution in [3.05, 3.63) is 89.5 Å². The molecule has 0 heterocycles. The van der Waals surface area contributed by atoms with Gasteiger partial charge in [-0.15, -0.1) is 0 Å². The molecule has 0 saturated carbocycles.